The van der Waals surface area contributed by atoms with E-state index in [1.54, 1.807) is 0 Å². The number of hydrogen-bond acceptors (Lipinski definition) is 5. The van der Waals surface area contributed by atoms with E-state index in [0.29, 0.717) is 12.4 Å². The van der Waals surface area contributed by atoms with Crippen molar-refractivity contribution in [1.82, 2.24) is 20.4 Å². The number of carbonyl (C=O) groups excluding carboxylic acids is 1. The summed E-state index contributed by atoms with van der Waals surface area (Å²) in [5.74, 6) is 0.309. The second-order valence-corrected chi connectivity index (χ2v) is 4.14. The van der Waals surface area contributed by atoms with Crippen molar-refractivity contribution in [1.29, 1.82) is 0 Å². The van der Waals surface area contributed by atoms with E-state index >= 15 is 0 Å². The number of anilines is 1. The zero-order valence-corrected chi connectivity index (χ0v) is 10.5. The topological polar surface area (TPSA) is 99.4 Å². The van der Waals surface area contributed by atoms with E-state index in [2.05, 4.69) is 25.7 Å². The van der Waals surface area contributed by atoms with E-state index in [4.69, 9.17) is 4.74 Å². The van der Waals surface area contributed by atoms with Crippen LogP contribution in [0.1, 0.15) is 0 Å². The number of H-pyrrole nitrogens is 1. The van der Waals surface area contributed by atoms with Crippen molar-refractivity contribution in [3.8, 4) is 0 Å². The van der Waals surface area contributed by atoms with Gasteiger partial charge >= 0.3 is 6.03 Å². The first-order valence-electron chi connectivity index (χ1n) is 6.15. The molecule has 0 radical (unpaired) electrons. The Morgan fingerprint density at radius 1 is 1.42 bits per heavy atom. The van der Waals surface area contributed by atoms with Gasteiger partial charge in [-0.15, -0.1) is 0 Å². The molecule has 0 atom stereocenters. The minimum atomic E-state index is -0.340. The zero-order valence-electron chi connectivity index (χ0n) is 10.5. The summed E-state index contributed by atoms with van der Waals surface area (Å²) >= 11 is 0. The van der Waals surface area contributed by atoms with Gasteiger partial charge in [0.05, 0.1) is 13.2 Å². The first-order chi connectivity index (χ1) is 9.24. The molecule has 0 saturated carbocycles. The summed E-state index contributed by atoms with van der Waals surface area (Å²) in [4.78, 5) is 24.6. The lowest BCUT2D eigenvalue weighted by Crippen LogP contribution is -2.42. The quantitative estimate of drug-likeness (QED) is 0.665. The van der Waals surface area contributed by atoms with Gasteiger partial charge in [0, 0.05) is 32.2 Å². The van der Waals surface area contributed by atoms with E-state index in [1.165, 1.54) is 12.1 Å². The van der Waals surface area contributed by atoms with E-state index in [-0.39, 0.29) is 11.6 Å². The summed E-state index contributed by atoms with van der Waals surface area (Å²) in [6.07, 6.45) is 0. The third-order valence-corrected chi connectivity index (χ3v) is 2.74. The van der Waals surface area contributed by atoms with Crippen molar-refractivity contribution < 1.29 is 9.53 Å². The Labute approximate surface area is 110 Å². The average molecular weight is 267 g/mol. The molecule has 1 aromatic rings. The maximum Gasteiger partial charge on any atom is 0.320 e. The molecule has 104 valence electrons. The van der Waals surface area contributed by atoms with Gasteiger partial charge in [0.1, 0.15) is 0 Å². The van der Waals surface area contributed by atoms with Gasteiger partial charge in [0.2, 0.25) is 0 Å². The van der Waals surface area contributed by atoms with Crippen LogP contribution < -0.4 is 16.2 Å². The molecule has 0 unspecified atom stereocenters. The van der Waals surface area contributed by atoms with Crippen LogP contribution in [0.4, 0.5) is 10.6 Å². The second-order valence-electron chi connectivity index (χ2n) is 4.14. The van der Waals surface area contributed by atoms with Crippen LogP contribution in [0.2, 0.25) is 0 Å². The van der Waals surface area contributed by atoms with Gasteiger partial charge in [0.15, 0.2) is 5.82 Å². The van der Waals surface area contributed by atoms with Crippen molar-refractivity contribution in [3.05, 3.63) is 22.5 Å². The molecule has 1 fully saturated rings. The van der Waals surface area contributed by atoms with Gasteiger partial charge < -0.3 is 10.1 Å². The SMILES string of the molecule is O=C(NCCN1CCOCC1)Nc1ccc(=O)[nH]n1. The van der Waals surface area contributed by atoms with Crippen LogP contribution in [0.15, 0.2) is 16.9 Å². The van der Waals surface area contributed by atoms with Crippen LogP contribution in [0.25, 0.3) is 0 Å². The number of aromatic amines is 1. The maximum absolute atomic E-state index is 11.5. The Bertz CT molecular complexity index is 449. The number of ether oxygens (including phenoxy) is 1. The van der Waals surface area contributed by atoms with Gasteiger partial charge in [-0.1, -0.05) is 0 Å². The van der Waals surface area contributed by atoms with Crippen LogP contribution in [-0.4, -0.2) is 60.5 Å². The largest absolute Gasteiger partial charge is 0.379 e. The molecule has 2 rings (SSSR count). The van der Waals surface area contributed by atoms with Crippen molar-refractivity contribution in [2.75, 3.05) is 44.7 Å². The number of hydrogen-bond donors (Lipinski definition) is 3. The fraction of sp³-hybridized carbons (Fsp3) is 0.545. The minimum absolute atomic E-state index is 0.307. The number of morpholine rings is 1. The Hall–Kier alpha value is -1.93. The summed E-state index contributed by atoms with van der Waals surface area (Å²) in [5, 5.41) is 11.2. The highest BCUT2D eigenvalue weighted by Crippen LogP contribution is 1.96. The summed E-state index contributed by atoms with van der Waals surface area (Å²) in [5.41, 5.74) is -0.307. The van der Waals surface area contributed by atoms with Crippen molar-refractivity contribution in [2.24, 2.45) is 0 Å². The predicted molar refractivity (Wildman–Crippen MR) is 69.1 cm³/mol. The van der Waals surface area contributed by atoms with Crippen LogP contribution >= 0.6 is 0 Å². The number of nitrogens with one attached hydrogen (secondary N) is 3. The molecule has 8 heteroatoms. The van der Waals surface area contributed by atoms with Gasteiger partial charge in [-0.2, -0.15) is 5.10 Å². The smallest absolute Gasteiger partial charge is 0.320 e. The molecule has 0 aromatic carbocycles. The maximum atomic E-state index is 11.5. The standard InChI is InChI=1S/C11H17N5O3/c17-10-2-1-9(14-15-10)13-11(18)12-3-4-16-5-7-19-8-6-16/h1-2H,3-8H2,(H,15,17)(H2,12,13,14,18). The molecular formula is C11H17N5O3. The van der Waals surface area contributed by atoms with Gasteiger partial charge in [-0.25, -0.2) is 9.89 Å². The molecule has 1 aliphatic rings. The first kappa shape index (κ1) is 13.5. The summed E-state index contributed by atoms with van der Waals surface area (Å²) < 4.78 is 5.24. The normalized spacial score (nSPS) is 16.0. The fourth-order valence-electron chi connectivity index (χ4n) is 1.73. The Balaban J connectivity index is 1.66. The summed E-state index contributed by atoms with van der Waals surface area (Å²) in [7, 11) is 0. The number of aromatic nitrogens is 2. The second kappa shape index (κ2) is 6.86. The molecule has 2 amide bonds. The number of amides is 2. The molecule has 1 aliphatic heterocycles. The lowest BCUT2D eigenvalue weighted by atomic mass is 10.4. The van der Waals surface area contributed by atoms with Crippen molar-refractivity contribution in [2.45, 2.75) is 0 Å². The van der Waals surface area contributed by atoms with Crippen LogP contribution in [0.3, 0.4) is 0 Å². The van der Waals surface area contributed by atoms with E-state index in [0.717, 1.165) is 32.8 Å². The highest BCUT2D eigenvalue weighted by molar-refractivity contribution is 5.87. The lowest BCUT2D eigenvalue weighted by molar-refractivity contribution is 0.0388. The number of nitrogens with zero attached hydrogens (tertiary/aromatic N) is 2. The van der Waals surface area contributed by atoms with Crippen molar-refractivity contribution >= 4 is 11.8 Å². The molecule has 19 heavy (non-hydrogen) atoms. The number of urea groups is 1. The third-order valence-electron chi connectivity index (χ3n) is 2.74. The predicted octanol–water partition coefficient (Wildman–Crippen LogP) is -0.776. The van der Waals surface area contributed by atoms with Crippen LogP contribution in [0.5, 0.6) is 0 Å². The average Bonchev–Trinajstić information content (AvgIpc) is 2.43. The first-order valence-corrected chi connectivity index (χ1v) is 6.15. The molecule has 8 nitrogen and oxygen atoms in total. The number of rotatable bonds is 4. The highest BCUT2D eigenvalue weighted by atomic mass is 16.5. The van der Waals surface area contributed by atoms with Gasteiger partial charge in [-0.3, -0.25) is 15.0 Å². The highest BCUT2D eigenvalue weighted by Gasteiger charge is 2.10. The molecule has 0 aliphatic carbocycles. The Morgan fingerprint density at radius 2 is 2.21 bits per heavy atom. The van der Waals surface area contributed by atoms with E-state index in [1.807, 2.05) is 0 Å². The molecular weight excluding hydrogens is 250 g/mol. The van der Waals surface area contributed by atoms with Crippen LogP contribution in [-0.2, 0) is 4.74 Å². The van der Waals surface area contributed by atoms with Crippen molar-refractivity contribution in [3.63, 3.8) is 0 Å². The Morgan fingerprint density at radius 3 is 2.89 bits per heavy atom. The molecule has 0 spiro atoms. The van der Waals surface area contributed by atoms with Gasteiger partial charge in [-0.05, 0) is 6.07 Å². The molecule has 3 N–H and O–H groups in total. The summed E-state index contributed by atoms with van der Waals surface area (Å²) in [6.45, 7) is 4.61. The third kappa shape index (κ3) is 4.68. The fourth-order valence-corrected chi connectivity index (χ4v) is 1.73. The van der Waals surface area contributed by atoms with E-state index in [9.17, 15) is 9.59 Å². The molecule has 1 aromatic heterocycles. The summed E-state index contributed by atoms with van der Waals surface area (Å²) in [6, 6.07) is 2.41. The molecule has 2 heterocycles. The van der Waals surface area contributed by atoms with Crippen LogP contribution in [0, 0.1) is 0 Å². The monoisotopic (exact) mass is 267 g/mol. The van der Waals surface area contributed by atoms with Gasteiger partial charge in [0.25, 0.3) is 5.56 Å². The lowest BCUT2D eigenvalue weighted by Gasteiger charge is -2.26. The van der Waals surface area contributed by atoms with E-state index < -0.39 is 0 Å². The molecule has 0 bridgehead atoms. The molecule has 1 saturated heterocycles. The zero-order chi connectivity index (χ0) is 13.5. The Kier molecular flexibility index (Phi) is 4.87. The minimum Gasteiger partial charge on any atom is -0.379 e. The number of carbonyl (C=O) groups is 1.